The Labute approximate surface area is 213 Å². The van der Waals surface area contributed by atoms with Gasteiger partial charge in [-0.3, -0.25) is 24.1 Å². The van der Waals surface area contributed by atoms with Gasteiger partial charge in [0.2, 0.25) is 5.91 Å². The third kappa shape index (κ3) is 4.25. The molecule has 10 nitrogen and oxygen atoms in total. The first-order valence-corrected chi connectivity index (χ1v) is 11.8. The van der Waals surface area contributed by atoms with Crippen LogP contribution in [-0.2, 0) is 20.9 Å². The Balaban J connectivity index is 1.35. The fourth-order valence-electron chi connectivity index (χ4n) is 4.73. The first-order chi connectivity index (χ1) is 17.7. The number of hydrogen-bond donors (Lipinski definition) is 2. The quantitative estimate of drug-likeness (QED) is 0.597. The average Bonchev–Trinajstić information content (AvgIpc) is 3.21. The van der Waals surface area contributed by atoms with Gasteiger partial charge in [0.1, 0.15) is 18.1 Å². The molecule has 2 aromatic carbocycles. The number of nitrogens with zero attached hydrogens (tertiary/aromatic N) is 3. The van der Waals surface area contributed by atoms with E-state index in [0.29, 0.717) is 30.2 Å². The number of β-amino-alcohol motifs (C(OH)–C–C–N with tert-alkyl or cyclic N) is 1. The van der Waals surface area contributed by atoms with E-state index in [4.69, 9.17) is 4.74 Å². The zero-order valence-corrected chi connectivity index (χ0v) is 20.3. The van der Waals surface area contributed by atoms with Crippen LogP contribution >= 0.6 is 0 Å². The second-order valence-electron chi connectivity index (χ2n) is 9.17. The molecule has 3 aliphatic heterocycles. The average molecular weight is 503 g/mol. The summed E-state index contributed by atoms with van der Waals surface area (Å²) < 4.78 is 5.80. The molecule has 2 aromatic rings. The SMILES string of the molecule is C=C(NC(=O)C(=C)N1Cc2c(cccc2-c2ccc3c(c2)OCCN3C(C)=O)C1=O)C(=O)N1CC(O)C1. The van der Waals surface area contributed by atoms with Gasteiger partial charge in [-0.15, -0.1) is 0 Å². The minimum absolute atomic E-state index is 0.0669. The number of nitrogens with one attached hydrogen (secondary N) is 1. The van der Waals surface area contributed by atoms with Gasteiger partial charge in [-0.2, -0.15) is 0 Å². The van der Waals surface area contributed by atoms with E-state index >= 15 is 0 Å². The number of likely N-dealkylation sites (tertiary alicyclic amines) is 1. The summed E-state index contributed by atoms with van der Waals surface area (Å²) in [5.74, 6) is -1.07. The van der Waals surface area contributed by atoms with Gasteiger partial charge in [-0.25, -0.2) is 0 Å². The molecular formula is C27H26N4O6. The van der Waals surface area contributed by atoms with Gasteiger partial charge in [-0.1, -0.05) is 31.4 Å². The summed E-state index contributed by atoms with van der Waals surface area (Å²) in [5, 5.41) is 11.8. The number of benzene rings is 2. The Morgan fingerprint density at radius 3 is 2.51 bits per heavy atom. The smallest absolute Gasteiger partial charge is 0.271 e. The second kappa shape index (κ2) is 9.21. The van der Waals surface area contributed by atoms with Crippen molar-refractivity contribution >= 4 is 29.3 Å². The Kier molecular flexibility index (Phi) is 6.04. The van der Waals surface area contributed by atoms with Crippen LogP contribution in [0.4, 0.5) is 5.69 Å². The van der Waals surface area contributed by atoms with E-state index in [-0.39, 0.29) is 42.8 Å². The molecule has 5 rings (SSSR count). The Hall–Kier alpha value is -4.44. The summed E-state index contributed by atoms with van der Waals surface area (Å²) in [6.07, 6.45) is -0.577. The molecule has 1 saturated heterocycles. The molecular weight excluding hydrogens is 476 g/mol. The molecule has 4 amide bonds. The van der Waals surface area contributed by atoms with Gasteiger partial charge >= 0.3 is 0 Å². The Morgan fingerprint density at radius 1 is 1.08 bits per heavy atom. The summed E-state index contributed by atoms with van der Waals surface area (Å²) in [5.41, 5.74) is 3.20. The van der Waals surface area contributed by atoms with Crippen LogP contribution in [0, 0.1) is 0 Å². The van der Waals surface area contributed by atoms with E-state index in [1.165, 1.54) is 16.7 Å². The molecule has 10 heteroatoms. The maximum atomic E-state index is 13.2. The van der Waals surface area contributed by atoms with Crippen molar-refractivity contribution < 1.29 is 29.0 Å². The molecule has 3 heterocycles. The van der Waals surface area contributed by atoms with Crippen LogP contribution < -0.4 is 15.0 Å². The lowest BCUT2D eigenvalue weighted by Gasteiger charge is -2.36. The fraction of sp³-hybridized carbons (Fsp3) is 0.259. The maximum Gasteiger partial charge on any atom is 0.271 e. The van der Waals surface area contributed by atoms with E-state index in [2.05, 4.69) is 18.5 Å². The highest BCUT2D eigenvalue weighted by molar-refractivity contribution is 6.08. The number of carbonyl (C=O) groups is 4. The first-order valence-electron chi connectivity index (χ1n) is 11.8. The van der Waals surface area contributed by atoms with Crippen molar-refractivity contribution in [2.45, 2.75) is 19.6 Å². The molecule has 37 heavy (non-hydrogen) atoms. The maximum absolute atomic E-state index is 13.2. The lowest BCUT2D eigenvalue weighted by Crippen LogP contribution is -2.55. The van der Waals surface area contributed by atoms with E-state index in [9.17, 15) is 24.3 Å². The van der Waals surface area contributed by atoms with Gasteiger partial charge in [0.05, 0.1) is 30.6 Å². The van der Waals surface area contributed by atoms with E-state index in [0.717, 1.165) is 16.7 Å². The third-order valence-electron chi connectivity index (χ3n) is 6.74. The van der Waals surface area contributed by atoms with Crippen molar-refractivity contribution in [1.82, 2.24) is 15.1 Å². The molecule has 0 aliphatic carbocycles. The molecule has 190 valence electrons. The van der Waals surface area contributed by atoms with E-state index in [1.54, 1.807) is 17.0 Å². The molecule has 0 saturated carbocycles. The number of ether oxygens (including phenoxy) is 1. The molecule has 2 N–H and O–H groups in total. The Morgan fingerprint density at radius 2 is 1.81 bits per heavy atom. The summed E-state index contributed by atoms with van der Waals surface area (Å²) in [4.78, 5) is 54.6. The van der Waals surface area contributed by atoms with Crippen LogP contribution in [0.5, 0.6) is 5.75 Å². The van der Waals surface area contributed by atoms with Gasteiger partial charge in [0.25, 0.3) is 17.7 Å². The highest BCUT2D eigenvalue weighted by Crippen LogP contribution is 2.39. The fourth-order valence-corrected chi connectivity index (χ4v) is 4.73. The first kappa shape index (κ1) is 24.3. The second-order valence-corrected chi connectivity index (χ2v) is 9.17. The van der Waals surface area contributed by atoms with Crippen molar-refractivity contribution in [2.75, 3.05) is 31.1 Å². The van der Waals surface area contributed by atoms with Crippen LogP contribution in [0.1, 0.15) is 22.8 Å². The van der Waals surface area contributed by atoms with Crippen molar-refractivity contribution in [2.24, 2.45) is 0 Å². The molecule has 3 aliphatic rings. The predicted octanol–water partition coefficient (Wildman–Crippen LogP) is 1.40. The molecule has 0 unspecified atom stereocenters. The number of amides is 4. The third-order valence-corrected chi connectivity index (χ3v) is 6.74. The van der Waals surface area contributed by atoms with Crippen LogP contribution in [-0.4, -0.2) is 70.9 Å². The lowest BCUT2D eigenvalue weighted by atomic mass is 9.96. The summed E-state index contributed by atoms with van der Waals surface area (Å²) >= 11 is 0. The Bertz CT molecular complexity index is 1380. The monoisotopic (exact) mass is 502 g/mol. The number of anilines is 1. The number of fused-ring (bicyclic) bond motifs is 2. The van der Waals surface area contributed by atoms with Crippen molar-refractivity contribution in [3.8, 4) is 16.9 Å². The summed E-state index contributed by atoms with van der Waals surface area (Å²) in [6.45, 7) is 10.2. The molecule has 1 fully saturated rings. The van der Waals surface area contributed by atoms with Crippen LogP contribution in [0.3, 0.4) is 0 Å². The molecule has 0 bridgehead atoms. The zero-order chi connectivity index (χ0) is 26.4. The largest absolute Gasteiger partial charge is 0.490 e. The number of aliphatic hydroxyl groups excluding tert-OH is 1. The molecule has 0 atom stereocenters. The topological polar surface area (TPSA) is 119 Å². The number of hydrogen-bond acceptors (Lipinski definition) is 6. The number of aliphatic hydroxyl groups is 1. The minimum Gasteiger partial charge on any atom is -0.490 e. The predicted molar refractivity (Wildman–Crippen MR) is 134 cm³/mol. The number of carbonyl (C=O) groups excluding carboxylic acids is 4. The molecule has 0 radical (unpaired) electrons. The standard InChI is InChI=1S/C27H26N4O6/c1-15(26(35)29-12-19(33)13-29)28-25(34)16(2)31-14-22-20(5-4-6-21(22)27(31)36)18-7-8-23-24(11-18)37-10-9-30(23)17(3)32/h4-8,11,19,33H,1-2,9-10,12-14H2,3H3,(H,28,34). The van der Waals surface area contributed by atoms with Crippen molar-refractivity contribution in [3.63, 3.8) is 0 Å². The highest BCUT2D eigenvalue weighted by Gasteiger charge is 2.35. The normalized spacial score (nSPS) is 16.4. The molecule has 0 aromatic heterocycles. The van der Waals surface area contributed by atoms with Gasteiger partial charge in [-0.05, 0) is 34.9 Å². The minimum atomic E-state index is -0.714. The highest BCUT2D eigenvalue weighted by atomic mass is 16.5. The van der Waals surface area contributed by atoms with Gasteiger partial charge in [0.15, 0.2) is 0 Å². The van der Waals surface area contributed by atoms with Crippen LogP contribution in [0.25, 0.3) is 11.1 Å². The van der Waals surface area contributed by atoms with E-state index in [1.807, 2.05) is 24.3 Å². The zero-order valence-electron chi connectivity index (χ0n) is 20.3. The molecule has 0 spiro atoms. The van der Waals surface area contributed by atoms with Crippen LogP contribution in [0.15, 0.2) is 61.0 Å². The van der Waals surface area contributed by atoms with Gasteiger partial charge < -0.3 is 25.0 Å². The van der Waals surface area contributed by atoms with Crippen LogP contribution in [0.2, 0.25) is 0 Å². The lowest BCUT2D eigenvalue weighted by molar-refractivity contribution is -0.138. The van der Waals surface area contributed by atoms with Crippen molar-refractivity contribution in [3.05, 3.63) is 72.1 Å². The van der Waals surface area contributed by atoms with E-state index < -0.39 is 17.9 Å². The van der Waals surface area contributed by atoms with Crippen molar-refractivity contribution in [1.29, 1.82) is 0 Å². The number of rotatable bonds is 5. The summed E-state index contributed by atoms with van der Waals surface area (Å²) in [7, 11) is 0. The summed E-state index contributed by atoms with van der Waals surface area (Å²) in [6, 6.07) is 10.9. The van der Waals surface area contributed by atoms with Gasteiger partial charge in [0, 0.05) is 25.6 Å².